The van der Waals surface area contributed by atoms with Crippen LogP contribution in [0.5, 0.6) is 0 Å². The Morgan fingerprint density at radius 1 is 1.00 bits per heavy atom. The van der Waals surface area contributed by atoms with E-state index in [9.17, 15) is 0 Å². The van der Waals surface area contributed by atoms with E-state index >= 15 is 0 Å². The van der Waals surface area contributed by atoms with E-state index in [1.807, 2.05) is 0 Å². The quantitative estimate of drug-likeness (QED) is 0.377. The van der Waals surface area contributed by atoms with E-state index in [0.717, 1.165) is 0 Å². The molecule has 2 nitrogen and oxygen atoms in total. The molecule has 0 spiro atoms. The van der Waals surface area contributed by atoms with Crippen LogP contribution in [0.4, 0.5) is 0 Å². The summed E-state index contributed by atoms with van der Waals surface area (Å²) in [5.41, 5.74) is 0. The van der Waals surface area contributed by atoms with Crippen molar-refractivity contribution in [3.8, 4) is 0 Å². The molecule has 0 aromatic heterocycles. The van der Waals surface area contributed by atoms with Gasteiger partial charge in [-0.25, -0.2) is 10.0 Å². The van der Waals surface area contributed by atoms with Crippen LogP contribution in [0.3, 0.4) is 0 Å². The molecule has 2 heteroatoms. The Morgan fingerprint density at radius 2 is 1.67 bits per heavy atom. The Bertz CT molecular complexity index is 63.9. The molecule has 6 heavy (non-hydrogen) atoms. The molecule has 0 N–H and O–H groups in total. The van der Waals surface area contributed by atoms with Crippen molar-refractivity contribution in [2.24, 2.45) is 0 Å². The Morgan fingerprint density at radius 3 is 1.83 bits per heavy atom. The fourth-order valence-corrected chi connectivity index (χ4v) is 1.02. The Hall–Kier alpha value is -0.0800. The van der Waals surface area contributed by atoms with Gasteiger partial charge in [-0.1, -0.05) is 0 Å². The summed E-state index contributed by atoms with van der Waals surface area (Å²) in [6.07, 6.45) is 1.39. The normalized spacial score (nSPS) is 52.0. The second-order valence-corrected chi connectivity index (χ2v) is 1.96. The fourth-order valence-electron chi connectivity index (χ4n) is 1.02. The molecule has 0 aliphatic carbocycles. The predicted octanol–water partition coefficient (Wildman–Crippen LogP) is -0.120. The van der Waals surface area contributed by atoms with E-state index in [1.54, 1.807) is 0 Å². The molecule has 0 aromatic carbocycles. The highest BCUT2D eigenvalue weighted by Gasteiger charge is 2.34. The third-order valence-electron chi connectivity index (χ3n) is 1.47. The molecule has 0 amide bonds. The van der Waals surface area contributed by atoms with Gasteiger partial charge in [-0.3, -0.25) is 0 Å². The van der Waals surface area contributed by atoms with Crippen LogP contribution < -0.4 is 0 Å². The maximum atomic E-state index is 2.36. The maximum absolute atomic E-state index is 2.36. The largest absolute Gasteiger partial charge is 0.225 e. The summed E-state index contributed by atoms with van der Waals surface area (Å²) in [7, 11) is 0. The second-order valence-electron chi connectivity index (χ2n) is 1.96. The van der Waals surface area contributed by atoms with Crippen LogP contribution in [0.2, 0.25) is 0 Å². The molecule has 0 radical (unpaired) electrons. The first-order valence-corrected chi connectivity index (χ1v) is 2.46. The number of hydrazine groups is 1. The van der Waals surface area contributed by atoms with Gasteiger partial charge in [-0.2, -0.15) is 0 Å². The lowest BCUT2D eigenvalue weighted by molar-refractivity contribution is 0.412. The molecular weight excluding hydrogens is 76.1 g/mol. The third kappa shape index (κ3) is 0.235. The molecular formula is C4H8N2. The van der Waals surface area contributed by atoms with E-state index < -0.39 is 0 Å². The minimum atomic E-state index is 1.25. The zero-order valence-corrected chi connectivity index (χ0v) is 3.72. The van der Waals surface area contributed by atoms with Crippen molar-refractivity contribution in [1.82, 2.24) is 10.0 Å². The van der Waals surface area contributed by atoms with Gasteiger partial charge in [0, 0.05) is 13.1 Å². The highest BCUT2D eigenvalue weighted by molar-refractivity contribution is 4.75. The lowest BCUT2D eigenvalue weighted by Gasteiger charge is -1.79. The number of rotatable bonds is 0. The van der Waals surface area contributed by atoms with Gasteiger partial charge < -0.3 is 0 Å². The average Bonchev–Trinajstić information content (AvgIpc) is 2.17. The van der Waals surface area contributed by atoms with E-state index in [-0.39, 0.29) is 0 Å². The lowest BCUT2D eigenvalue weighted by Crippen LogP contribution is -1.91. The topological polar surface area (TPSA) is 6.02 Å². The monoisotopic (exact) mass is 84.1 g/mol. The molecule has 2 atom stereocenters. The van der Waals surface area contributed by atoms with Crippen molar-refractivity contribution in [1.29, 1.82) is 0 Å². The molecule has 34 valence electrons. The maximum Gasteiger partial charge on any atom is 0.0787 e. The number of hydrogen-bond donors (Lipinski definition) is 0. The summed E-state index contributed by atoms with van der Waals surface area (Å²) in [4.78, 5) is 0. The lowest BCUT2D eigenvalue weighted by atomic mass is 10.4. The predicted molar refractivity (Wildman–Crippen MR) is 22.9 cm³/mol. The SMILES string of the molecule is C1CN2CN2C1. The minimum absolute atomic E-state index is 1.25. The Labute approximate surface area is 37.3 Å². The van der Waals surface area contributed by atoms with Crippen molar-refractivity contribution in [3.63, 3.8) is 0 Å². The molecule has 2 heterocycles. The molecule has 0 bridgehead atoms. The molecule has 2 aliphatic rings. The summed E-state index contributed by atoms with van der Waals surface area (Å²) >= 11 is 0. The van der Waals surface area contributed by atoms with Gasteiger partial charge in [0.25, 0.3) is 0 Å². The first kappa shape index (κ1) is 2.99. The standard InChI is InChI=1S/C4H8N2/c1-2-5-4-6(5)3-1/h1-4H2. The van der Waals surface area contributed by atoms with Crippen LogP contribution in [0.25, 0.3) is 0 Å². The van der Waals surface area contributed by atoms with Gasteiger partial charge in [-0.15, -0.1) is 0 Å². The van der Waals surface area contributed by atoms with E-state index in [2.05, 4.69) is 10.0 Å². The van der Waals surface area contributed by atoms with Crippen LogP contribution in [-0.2, 0) is 0 Å². The summed E-state index contributed by atoms with van der Waals surface area (Å²) in [6, 6.07) is 0. The molecule has 0 saturated carbocycles. The molecule has 2 rings (SSSR count). The van der Waals surface area contributed by atoms with Crippen LogP contribution in [0, 0.1) is 0 Å². The summed E-state index contributed by atoms with van der Waals surface area (Å²) in [5.74, 6) is 0. The van der Waals surface area contributed by atoms with E-state index in [0.29, 0.717) is 0 Å². The third-order valence-corrected chi connectivity index (χ3v) is 1.47. The minimum Gasteiger partial charge on any atom is -0.225 e. The zero-order valence-electron chi connectivity index (χ0n) is 3.72. The van der Waals surface area contributed by atoms with Gasteiger partial charge in [0.15, 0.2) is 0 Å². The number of hydrogen-bond acceptors (Lipinski definition) is 2. The van der Waals surface area contributed by atoms with Gasteiger partial charge >= 0.3 is 0 Å². The highest BCUT2D eigenvalue weighted by Crippen LogP contribution is 2.21. The van der Waals surface area contributed by atoms with Gasteiger partial charge in [0.05, 0.1) is 6.67 Å². The average molecular weight is 84.1 g/mol. The van der Waals surface area contributed by atoms with Crippen LogP contribution in [0.15, 0.2) is 0 Å². The zero-order chi connectivity index (χ0) is 3.98. The van der Waals surface area contributed by atoms with Crippen LogP contribution in [-0.4, -0.2) is 29.8 Å². The van der Waals surface area contributed by atoms with Gasteiger partial charge in [0.1, 0.15) is 0 Å². The van der Waals surface area contributed by atoms with Crippen LogP contribution in [0.1, 0.15) is 6.42 Å². The first-order valence-electron chi connectivity index (χ1n) is 2.46. The Kier molecular flexibility index (Phi) is 0.383. The fraction of sp³-hybridized carbons (Fsp3) is 1.00. The summed E-state index contributed by atoms with van der Waals surface area (Å²) < 4.78 is 0. The number of fused-ring (bicyclic) bond motifs is 1. The number of nitrogens with zero attached hydrogens (tertiary/aromatic N) is 2. The second kappa shape index (κ2) is 0.768. The van der Waals surface area contributed by atoms with Gasteiger partial charge in [0.2, 0.25) is 0 Å². The van der Waals surface area contributed by atoms with Crippen molar-refractivity contribution >= 4 is 0 Å². The Balaban J connectivity index is 2.09. The van der Waals surface area contributed by atoms with Crippen molar-refractivity contribution < 1.29 is 0 Å². The molecule has 2 aliphatic heterocycles. The summed E-state index contributed by atoms with van der Waals surface area (Å²) in [6.45, 7) is 3.89. The summed E-state index contributed by atoms with van der Waals surface area (Å²) in [5, 5.41) is 4.72. The van der Waals surface area contributed by atoms with E-state index in [1.165, 1.54) is 26.2 Å². The van der Waals surface area contributed by atoms with Crippen molar-refractivity contribution in [2.45, 2.75) is 6.42 Å². The van der Waals surface area contributed by atoms with Crippen LogP contribution >= 0.6 is 0 Å². The molecule has 2 unspecified atom stereocenters. The molecule has 2 saturated heterocycles. The van der Waals surface area contributed by atoms with Gasteiger partial charge in [-0.05, 0) is 6.42 Å². The molecule has 0 aromatic rings. The van der Waals surface area contributed by atoms with Crippen molar-refractivity contribution in [3.05, 3.63) is 0 Å². The first-order chi connectivity index (χ1) is 2.97. The van der Waals surface area contributed by atoms with Crippen molar-refractivity contribution in [2.75, 3.05) is 19.8 Å². The highest BCUT2D eigenvalue weighted by atomic mass is 15.8. The molecule has 2 fully saturated rings. The smallest absolute Gasteiger partial charge is 0.0787 e. The van der Waals surface area contributed by atoms with E-state index in [4.69, 9.17) is 0 Å².